The number of allylic oxidation sites excluding steroid dienone is 2. The van der Waals surface area contributed by atoms with Crippen LogP contribution in [0, 0.1) is 34.5 Å². The molecule has 1 unspecified atom stereocenters. The molecule has 170 valence electrons. The Bertz CT molecular complexity index is 948. The van der Waals surface area contributed by atoms with Gasteiger partial charge in [-0.25, -0.2) is 4.98 Å². The summed E-state index contributed by atoms with van der Waals surface area (Å²) in [4.78, 5) is 9.96. The zero-order chi connectivity index (χ0) is 22.7. The Morgan fingerprint density at radius 2 is 2.09 bits per heavy atom. The second-order valence-electron chi connectivity index (χ2n) is 9.48. The maximum Gasteiger partial charge on any atom is 0.224 e. The standard InChI is InChI=1S/C24H33N7S/c1-3-4-20(32-2)18(10-25)12-28-23-29-13-19(11-26)22(31-23)30-14-24-7-15-5-16(8-24)21(27)17(6-15)9-24/h3-4,10,13,15-17,21H,1,5-9,12,14,25,27H2,2H3,(H2,28,29,30,31)/b18-10-,20-4+/t15?,16-,17+,21-,24-. The van der Waals surface area contributed by atoms with Gasteiger partial charge in [-0.2, -0.15) is 10.2 Å². The van der Waals surface area contributed by atoms with Gasteiger partial charge >= 0.3 is 0 Å². The first-order chi connectivity index (χ1) is 15.5. The highest BCUT2D eigenvalue weighted by Crippen LogP contribution is 2.59. The van der Waals surface area contributed by atoms with E-state index in [-0.39, 0.29) is 5.41 Å². The molecule has 0 amide bonds. The monoisotopic (exact) mass is 451 g/mol. The summed E-state index contributed by atoms with van der Waals surface area (Å²) in [5, 5.41) is 16.3. The summed E-state index contributed by atoms with van der Waals surface area (Å²) in [6.07, 6.45) is 15.0. The van der Waals surface area contributed by atoms with Gasteiger partial charge < -0.3 is 22.1 Å². The van der Waals surface area contributed by atoms with Crippen molar-refractivity contribution in [3.8, 4) is 6.07 Å². The average molecular weight is 452 g/mol. The molecule has 4 fully saturated rings. The number of thioether (sulfide) groups is 1. The smallest absolute Gasteiger partial charge is 0.224 e. The van der Waals surface area contributed by atoms with Crippen molar-refractivity contribution in [2.75, 3.05) is 30.0 Å². The number of nitrogens with one attached hydrogen (secondary N) is 2. The third-order valence-electron chi connectivity index (χ3n) is 7.46. The van der Waals surface area contributed by atoms with Crippen molar-refractivity contribution in [2.24, 2.45) is 34.6 Å². The Balaban J connectivity index is 1.45. The van der Waals surface area contributed by atoms with E-state index in [1.807, 2.05) is 12.3 Å². The van der Waals surface area contributed by atoms with Gasteiger partial charge in [-0.15, -0.1) is 11.8 Å². The molecule has 1 aromatic heterocycles. The number of nitriles is 1. The number of nitrogens with zero attached hydrogens (tertiary/aromatic N) is 3. The number of rotatable bonds is 9. The molecular formula is C24H33N7S. The molecule has 4 aliphatic rings. The Labute approximate surface area is 194 Å². The van der Waals surface area contributed by atoms with Crippen molar-refractivity contribution in [2.45, 2.75) is 38.1 Å². The maximum atomic E-state index is 9.57. The van der Waals surface area contributed by atoms with Gasteiger partial charge in [-0.05, 0) is 73.8 Å². The minimum atomic E-state index is 0.274. The van der Waals surface area contributed by atoms with Gasteiger partial charge in [0.2, 0.25) is 5.95 Å². The predicted octanol–water partition coefficient (Wildman–Crippen LogP) is 3.60. The van der Waals surface area contributed by atoms with E-state index in [0.29, 0.717) is 41.8 Å². The van der Waals surface area contributed by atoms with Crippen LogP contribution >= 0.6 is 11.8 Å². The summed E-state index contributed by atoms with van der Waals surface area (Å²) in [6, 6.07) is 2.59. The van der Waals surface area contributed by atoms with Gasteiger partial charge in [0.05, 0.1) is 6.20 Å². The van der Waals surface area contributed by atoms with Crippen LogP contribution in [0.5, 0.6) is 0 Å². The maximum absolute atomic E-state index is 9.57. The molecule has 32 heavy (non-hydrogen) atoms. The third kappa shape index (κ3) is 4.50. The van der Waals surface area contributed by atoms with Crippen LogP contribution in [0.1, 0.15) is 37.7 Å². The van der Waals surface area contributed by atoms with Crippen molar-refractivity contribution in [1.82, 2.24) is 9.97 Å². The van der Waals surface area contributed by atoms with Gasteiger partial charge in [-0.3, -0.25) is 0 Å². The number of aromatic nitrogens is 2. The fraction of sp³-hybridized carbons (Fsp3) is 0.542. The van der Waals surface area contributed by atoms with E-state index >= 15 is 0 Å². The Hall–Kier alpha value is -2.50. The van der Waals surface area contributed by atoms with Crippen LogP contribution in [0.2, 0.25) is 0 Å². The van der Waals surface area contributed by atoms with Crippen molar-refractivity contribution in [3.05, 3.63) is 47.2 Å². The van der Waals surface area contributed by atoms with Crippen LogP contribution in [0.4, 0.5) is 11.8 Å². The van der Waals surface area contributed by atoms with Crippen LogP contribution in [-0.4, -0.2) is 35.4 Å². The summed E-state index contributed by atoms with van der Waals surface area (Å²) in [5.74, 6) is 3.17. The molecule has 7 nitrogen and oxygen atoms in total. The van der Waals surface area contributed by atoms with Crippen molar-refractivity contribution >= 4 is 23.5 Å². The molecule has 0 aliphatic heterocycles. The third-order valence-corrected chi connectivity index (χ3v) is 8.29. The average Bonchev–Trinajstić information content (AvgIpc) is 2.80. The summed E-state index contributed by atoms with van der Waals surface area (Å²) in [5.41, 5.74) is 14.0. The first-order valence-corrected chi connectivity index (χ1v) is 12.5. The van der Waals surface area contributed by atoms with E-state index < -0.39 is 0 Å². The lowest BCUT2D eigenvalue weighted by atomic mass is 9.48. The van der Waals surface area contributed by atoms with E-state index in [1.54, 1.807) is 30.2 Å². The second-order valence-corrected chi connectivity index (χ2v) is 10.3. The first kappa shape index (κ1) is 22.7. The fourth-order valence-corrected chi connectivity index (χ4v) is 6.85. The molecule has 0 radical (unpaired) electrons. The highest BCUT2D eigenvalue weighted by Gasteiger charge is 2.54. The van der Waals surface area contributed by atoms with E-state index in [2.05, 4.69) is 33.2 Å². The largest absolute Gasteiger partial charge is 0.404 e. The number of hydrogen-bond acceptors (Lipinski definition) is 8. The minimum absolute atomic E-state index is 0.274. The van der Waals surface area contributed by atoms with Crippen molar-refractivity contribution < 1.29 is 0 Å². The highest BCUT2D eigenvalue weighted by molar-refractivity contribution is 8.02. The zero-order valence-electron chi connectivity index (χ0n) is 18.7. The molecule has 4 aliphatic carbocycles. The van der Waals surface area contributed by atoms with Crippen LogP contribution in [0.3, 0.4) is 0 Å². The second kappa shape index (κ2) is 9.55. The summed E-state index contributed by atoms with van der Waals surface area (Å²) in [7, 11) is 0. The van der Waals surface area contributed by atoms with E-state index in [1.165, 1.54) is 32.1 Å². The predicted molar refractivity (Wildman–Crippen MR) is 132 cm³/mol. The van der Waals surface area contributed by atoms with Gasteiger partial charge in [-0.1, -0.05) is 12.7 Å². The summed E-state index contributed by atoms with van der Waals surface area (Å²) >= 11 is 1.60. The van der Waals surface area contributed by atoms with Crippen molar-refractivity contribution in [3.63, 3.8) is 0 Å². The van der Waals surface area contributed by atoms with Crippen LogP contribution in [0.15, 0.2) is 41.6 Å². The van der Waals surface area contributed by atoms with Crippen LogP contribution in [-0.2, 0) is 0 Å². The minimum Gasteiger partial charge on any atom is -0.404 e. The van der Waals surface area contributed by atoms with Gasteiger partial charge in [0.1, 0.15) is 17.5 Å². The molecule has 0 saturated heterocycles. The van der Waals surface area contributed by atoms with Crippen LogP contribution in [0.25, 0.3) is 0 Å². The lowest BCUT2D eigenvalue weighted by Crippen LogP contribution is -2.58. The summed E-state index contributed by atoms with van der Waals surface area (Å²) in [6.45, 7) is 5.07. The Kier molecular flexibility index (Phi) is 6.77. The molecule has 5 rings (SSSR count). The lowest BCUT2D eigenvalue weighted by molar-refractivity contribution is -0.0591. The highest BCUT2D eigenvalue weighted by atomic mass is 32.2. The molecule has 1 heterocycles. The molecule has 4 saturated carbocycles. The summed E-state index contributed by atoms with van der Waals surface area (Å²) < 4.78 is 0. The Morgan fingerprint density at radius 3 is 2.72 bits per heavy atom. The fourth-order valence-electron chi connectivity index (χ4n) is 6.22. The molecule has 0 aromatic carbocycles. The molecule has 8 heteroatoms. The van der Waals surface area contributed by atoms with E-state index in [4.69, 9.17) is 11.5 Å². The lowest BCUT2D eigenvalue weighted by Gasteiger charge is -2.59. The molecule has 1 aromatic rings. The Morgan fingerprint density at radius 1 is 1.34 bits per heavy atom. The number of hydrogen-bond donors (Lipinski definition) is 4. The van der Waals surface area contributed by atoms with Gasteiger partial charge in [0, 0.05) is 29.6 Å². The molecule has 6 N–H and O–H groups in total. The topological polar surface area (TPSA) is 126 Å². The molecule has 4 bridgehead atoms. The first-order valence-electron chi connectivity index (χ1n) is 11.3. The molecule has 5 atom stereocenters. The van der Waals surface area contributed by atoms with Gasteiger partial charge in [0.25, 0.3) is 0 Å². The molecule has 0 spiro atoms. The SMILES string of the molecule is C=C/C=C(SC)\C(=C/N)CNc1ncc(C#N)c(NC[C@]23CC4C[C@H](C2)[C@@H](N)[C@@H](C4)C3)n1. The number of nitrogens with two attached hydrogens (primary N) is 2. The quantitative estimate of drug-likeness (QED) is 0.420. The van der Waals surface area contributed by atoms with E-state index in [9.17, 15) is 5.26 Å². The van der Waals surface area contributed by atoms with Crippen LogP contribution < -0.4 is 22.1 Å². The molecular weight excluding hydrogens is 418 g/mol. The van der Waals surface area contributed by atoms with E-state index in [0.717, 1.165) is 22.9 Å². The number of anilines is 2. The van der Waals surface area contributed by atoms with Gasteiger partial charge in [0.15, 0.2) is 0 Å². The normalized spacial score (nSPS) is 31.3. The van der Waals surface area contributed by atoms with Crippen molar-refractivity contribution in [1.29, 1.82) is 5.26 Å². The zero-order valence-corrected chi connectivity index (χ0v) is 19.5.